The lowest BCUT2D eigenvalue weighted by atomic mass is 9.91. The van der Waals surface area contributed by atoms with Crippen LogP contribution in [-0.4, -0.2) is 23.1 Å². The lowest BCUT2D eigenvalue weighted by molar-refractivity contribution is 0.724. The number of nitrogens with zero attached hydrogens (tertiary/aromatic N) is 3. The van der Waals surface area contributed by atoms with E-state index in [1.807, 2.05) is 6.92 Å². The monoisotopic (exact) mass is 375 g/mol. The van der Waals surface area contributed by atoms with Gasteiger partial charge >= 0.3 is 0 Å². The van der Waals surface area contributed by atoms with Crippen LogP contribution in [0.15, 0.2) is 24.3 Å². The normalized spacial score (nSPS) is 11.2. The minimum Gasteiger partial charge on any atom is -0.356 e. The van der Waals surface area contributed by atoms with E-state index in [2.05, 4.69) is 70.7 Å². The predicted octanol–water partition coefficient (Wildman–Crippen LogP) is 6.47. The lowest BCUT2D eigenvalue weighted by Crippen LogP contribution is -2.25. The largest absolute Gasteiger partial charge is 0.356 e. The summed E-state index contributed by atoms with van der Waals surface area (Å²) in [5.41, 5.74) is 8.75. The third-order valence-corrected chi connectivity index (χ3v) is 5.56. The molecule has 0 unspecified atom stereocenters. The van der Waals surface area contributed by atoms with E-state index in [9.17, 15) is 0 Å². The number of unbranched alkanes of at least 4 members (excludes halogenated alkanes) is 1. The molecule has 0 saturated heterocycles. The number of aromatic nitrogens is 2. The number of benzene rings is 2. The molecule has 3 heteroatoms. The molecule has 0 N–H and O–H groups in total. The summed E-state index contributed by atoms with van der Waals surface area (Å²) >= 11 is 0. The summed E-state index contributed by atoms with van der Waals surface area (Å²) < 4.78 is 0. The average Bonchev–Trinajstić information content (AvgIpc) is 2.63. The Morgan fingerprint density at radius 2 is 1.54 bits per heavy atom. The third kappa shape index (κ3) is 3.76. The summed E-state index contributed by atoms with van der Waals surface area (Å²) in [6.07, 6.45) is 2.36. The Morgan fingerprint density at radius 1 is 0.857 bits per heavy atom. The number of aryl methyl sites for hydroxylation is 5. The van der Waals surface area contributed by atoms with Crippen LogP contribution in [0.1, 0.15) is 54.8 Å². The molecule has 3 rings (SSSR count). The van der Waals surface area contributed by atoms with Gasteiger partial charge in [-0.2, -0.15) is 0 Å². The third-order valence-electron chi connectivity index (χ3n) is 5.56. The fourth-order valence-electron chi connectivity index (χ4n) is 4.28. The topological polar surface area (TPSA) is 29.0 Å². The van der Waals surface area contributed by atoms with E-state index in [1.165, 1.54) is 51.6 Å². The Balaban J connectivity index is 2.33. The second-order valence-electron chi connectivity index (χ2n) is 7.95. The molecule has 0 fully saturated rings. The zero-order valence-electron chi connectivity index (χ0n) is 18.5. The maximum absolute atomic E-state index is 4.94. The zero-order valence-corrected chi connectivity index (χ0v) is 18.5. The Labute approximate surface area is 169 Å². The van der Waals surface area contributed by atoms with Crippen LogP contribution >= 0.6 is 0 Å². The number of rotatable bonds is 6. The van der Waals surface area contributed by atoms with Crippen molar-refractivity contribution in [1.82, 2.24) is 9.97 Å². The van der Waals surface area contributed by atoms with E-state index >= 15 is 0 Å². The summed E-state index contributed by atoms with van der Waals surface area (Å²) in [5, 5.41) is 1.19. The molecule has 28 heavy (non-hydrogen) atoms. The quantitative estimate of drug-likeness (QED) is 0.495. The Kier molecular flexibility index (Phi) is 6.02. The SMILES string of the molecule is CCCCN(CC)c1nc(C)nc2c(-c3c(C)cc(C)cc3C)ccc(C)c12. The van der Waals surface area contributed by atoms with Crippen LogP contribution in [-0.2, 0) is 0 Å². The second-order valence-corrected chi connectivity index (χ2v) is 7.95. The van der Waals surface area contributed by atoms with Gasteiger partial charge in [0.15, 0.2) is 0 Å². The predicted molar refractivity (Wildman–Crippen MR) is 121 cm³/mol. The van der Waals surface area contributed by atoms with Gasteiger partial charge in [0, 0.05) is 24.0 Å². The average molecular weight is 376 g/mol. The highest BCUT2D eigenvalue weighted by Crippen LogP contribution is 2.37. The molecule has 0 aliphatic rings. The molecule has 1 heterocycles. The first kappa shape index (κ1) is 20.3. The molecule has 0 aliphatic carbocycles. The van der Waals surface area contributed by atoms with Crippen molar-refractivity contribution in [2.45, 2.75) is 61.3 Å². The number of hydrogen-bond donors (Lipinski definition) is 0. The van der Waals surface area contributed by atoms with Gasteiger partial charge in [-0.3, -0.25) is 0 Å². The number of fused-ring (bicyclic) bond motifs is 1. The van der Waals surface area contributed by atoms with Crippen molar-refractivity contribution in [2.75, 3.05) is 18.0 Å². The molecule has 3 nitrogen and oxygen atoms in total. The first-order valence-electron chi connectivity index (χ1n) is 10.5. The molecule has 2 aromatic carbocycles. The fourth-order valence-corrected chi connectivity index (χ4v) is 4.28. The van der Waals surface area contributed by atoms with Gasteiger partial charge in [-0.05, 0) is 70.2 Å². The van der Waals surface area contributed by atoms with Crippen molar-refractivity contribution in [2.24, 2.45) is 0 Å². The summed E-state index contributed by atoms with van der Waals surface area (Å²) in [6, 6.07) is 9.00. The van der Waals surface area contributed by atoms with Gasteiger partial charge in [0.1, 0.15) is 11.6 Å². The van der Waals surface area contributed by atoms with Crippen molar-refractivity contribution in [1.29, 1.82) is 0 Å². The van der Waals surface area contributed by atoms with Gasteiger partial charge in [0.2, 0.25) is 0 Å². The van der Waals surface area contributed by atoms with Gasteiger partial charge in [0.25, 0.3) is 0 Å². The summed E-state index contributed by atoms with van der Waals surface area (Å²) in [5.74, 6) is 1.92. The molecule has 0 amide bonds. The highest BCUT2D eigenvalue weighted by atomic mass is 15.2. The summed E-state index contributed by atoms with van der Waals surface area (Å²) in [7, 11) is 0. The smallest absolute Gasteiger partial charge is 0.140 e. The zero-order chi connectivity index (χ0) is 20.4. The minimum atomic E-state index is 0.840. The number of hydrogen-bond acceptors (Lipinski definition) is 3. The Bertz CT molecular complexity index is 981. The van der Waals surface area contributed by atoms with Crippen LogP contribution in [0.4, 0.5) is 5.82 Å². The van der Waals surface area contributed by atoms with E-state index in [1.54, 1.807) is 0 Å². The molecule has 0 bridgehead atoms. The molecule has 0 radical (unpaired) electrons. The molecule has 0 saturated carbocycles. The maximum Gasteiger partial charge on any atom is 0.140 e. The molecular weight excluding hydrogens is 342 g/mol. The van der Waals surface area contributed by atoms with Crippen molar-refractivity contribution >= 4 is 16.7 Å². The van der Waals surface area contributed by atoms with Crippen molar-refractivity contribution in [3.05, 3.63) is 52.3 Å². The van der Waals surface area contributed by atoms with Crippen LogP contribution in [0.5, 0.6) is 0 Å². The minimum absolute atomic E-state index is 0.840. The van der Waals surface area contributed by atoms with Crippen molar-refractivity contribution in [3.63, 3.8) is 0 Å². The van der Waals surface area contributed by atoms with E-state index in [4.69, 9.17) is 9.97 Å². The van der Waals surface area contributed by atoms with Crippen LogP contribution < -0.4 is 4.90 Å². The van der Waals surface area contributed by atoms with E-state index in [0.29, 0.717) is 0 Å². The van der Waals surface area contributed by atoms with E-state index < -0.39 is 0 Å². The Morgan fingerprint density at radius 3 is 2.14 bits per heavy atom. The first-order valence-corrected chi connectivity index (χ1v) is 10.5. The molecule has 1 aromatic heterocycles. The molecule has 0 aliphatic heterocycles. The summed E-state index contributed by atoms with van der Waals surface area (Å²) in [4.78, 5) is 12.2. The molecule has 3 aromatic rings. The van der Waals surface area contributed by atoms with Crippen molar-refractivity contribution in [3.8, 4) is 11.1 Å². The highest BCUT2D eigenvalue weighted by Gasteiger charge is 2.19. The lowest BCUT2D eigenvalue weighted by Gasteiger charge is -2.25. The van der Waals surface area contributed by atoms with E-state index in [0.717, 1.165) is 30.2 Å². The molecule has 148 valence electrons. The first-order chi connectivity index (χ1) is 13.4. The van der Waals surface area contributed by atoms with Crippen LogP contribution in [0, 0.1) is 34.6 Å². The number of anilines is 1. The van der Waals surface area contributed by atoms with Gasteiger partial charge in [-0.15, -0.1) is 0 Å². The molecular formula is C25H33N3. The molecule has 0 spiro atoms. The van der Waals surface area contributed by atoms with E-state index in [-0.39, 0.29) is 0 Å². The standard InChI is InChI=1S/C25H33N3/c1-8-10-13-28(9-2)25-23-17(4)11-12-21(24(23)26-20(7)27-25)22-18(5)14-16(3)15-19(22)6/h11-12,14-15H,8-10,13H2,1-7H3. The van der Waals surface area contributed by atoms with Crippen LogP contribution in [0.25, 0.3) is 22.0 Å². The Hall–Kier alpha value is -2.42. The van der Waals surface area contributed by atoms with Gasteiger partial charge in [-0.1, -0.05) is 43.2 Å². The van der Waals surface area contributed by atoms with Crippen molar-refractivity contribution < 1.29 is 0 Å². The van der Waals surface area contributed by atoms with Crippen LogP contribution in [0.3, 0.4) is 0 Å². The summed E-state index contributed by atoms with van der Waals surface area (Å²) in [6.45, 7) is 17.2. The second kappa shape index (κ2) is 8.30. The fraction of sp³-hybridized carbons (Fsp3) is 0.440. The van der Waals surface area contributed by atoms with Gasteiger partial charge in [-0.25, -0.2) is 9.97 Å². The van der Waals surface area contributed by atoms with Gasteiger partial charge < -0.3 is 4.90 Å². The maximum atomic E-state index is 4.94. The van der Waals surface area contributed by atoms with Gasteiger partial charge in [0.05, 0.1) is 5.52 Å². The highest BCUT2D eigenvalue weighted by molar-refractivity contribution is 6.02. The van der Waals surface area contributed by atoms with Crippen LogP contribution in [0.2, 0.25) is 0 Å². The molecule has 0 atom stereocenters.